The van der Waals surface area contributed by atoms with Gasteiger partial charge in [-0.3, -0.25) is 18.9 Å². The van der Waals surface area contributed by atoms with Gasteiger partial charge in [0.05, 0.1) is 5.56 Å². The van der Waals surface area contributed by atoms with Gasteiger partial charge in [0.25, 0.3) is 5.91 Å². The van der Waals surface area contributed by atoms with Gasteiger partial charge in [-0.1, -0.05) is 12.1 Å². The van der Waals surface area contributed by atoms with Gasteiger partial charge < -0.3 is 15.5 Å². The van der Waals surface area contributed by atoms with Crippen molar-refractivity contribution in [1.29, 1.82) is 0 Å². The first-order chi connectivity index (χ1) is 21.0. The summed E-state index contributed by atoms with van der Waals surface area (Å²) < 4.78 is 41.2. The first-order valence-electron chi connectivity index (χ1n) is 14.5. The standard InChI is InChI=1S/C31H33F3N8O2/c1-35-26-25-24(19-6-8-20(9-7-19)28(43)38-23-17-22(10-13-36-23)31(32,33)34)39-27(42(25)16-14-37-26)21-5-4-15-41(18-21)29(44)30(11-12-30)40(2)3/h6-10,13-14,16-17,21H,4-5,11-12,15,18H2,1-3H3,(H,35,37)(H,36,38,43). The van der Waals surface area contributed by atoms with Gasteiger partial charge in [0.2, 0.25) is 5.91 Å². The Kier molecular flexibility index (Phi) is 7.52. The number of alkyl halides is 3. The SMILES string of the molecule is CNc1nccn2c(C3CCCN(C(=O)C4(N(C)C)CC4)C3)nc(-c3ccc(C(=O)Nc4cc(C(F)(F)F)ccn4)cc3)c12. The molecule has 3 aromatic heterocycles. The number of carbonyl (C=O) groups is 2. The molecule has 1 saturated carbocycles. The van der Waals surface area contributed by atoms with Crippen LogP contribution in [0.5, 0.6) is 0 Å². The van der Waals surface area contributed by atoms with E-state index in [4.69, 9.17) is 4.98 Å². The van der Waals surface area contributed by atoms with E-state index in [0.29, 0.717) is 18.1 Å². The number of carbonyl (C=O) groups excluding carboxylic acids is 2. The molecule has 230 valence electrons. The molecule has 13 heteroatoms. The number of hydrogen-bond acceptors (Lipinski definition) is 7. The Morgan fingerprint density at radius 2 is 1.82 bits per heavy atom. The average Bonchev–Trinajstić information content (AvgIpc) is 3.75. The van der Waals surface area contributed by atoms with E-state index >= 15 is 0 Å². The number of aromatic nitrogens is 4. The second-order valence-electron chi connectivity index (χ2n) is 11.5. The number of nitrogens with one attached hydrogen (secondary N) is 2. The minimum atomic E-state index is -4.55. The second kappa shape index (κ2) is 11.2. The fraction of sp³-hybridized carbons (Fsp3) is 0.387. The van der Waals surface area contributed by atoms with Crippen LogP contribution >= 0.6 is 0 Å². The zero-order valence-corrected chi connectivity index (χ0v) is 24.6. The third kappa shape index (κ3) is 5.36. The van der Waals surface area contributed by atoms with Crippen molar-refractivity contribution in [2.45, 2.75) is 43.3 Å². The highest BCUT2D eigenvalue weighted by Gasteiger charge is 2.54. The summed E-state index contributed by atoms with van der Waals surface area (Å²) in [5, 5.41) is 5.58. The third-order valence-electron chi connectivity index (χ3n) is 8.62. The van der Waals surface area contributed by atoms with Crippen molar-refractivity contribution in [2.24, 2.45) is 0 Å². The molecule has 2 aliphatic rings. The van der Waals surface area contributed by atoms with Crippen molar-refractivity contribution in [3.63, 3.8) is 0 Å². The predicted molar refractivity (Wildman–Crippen MR) is 159 cm³/mol. The molecular weight excluding hydrogens is 573 g/mol. The molecule has 1 atom stereocenters. The topological polar surface area (TPSA) is 108 Å². The first-order valence-corrected chi connectivity index (χ1v) is 14.5. The van der Waals surface area contributed by atoms with Crippen LogP contribution in [-0.4, -0.2) is 80.7 Å². The Balaban J connectivity index is 1.28. The number of anilines is 2. The Labute approximate surface area is 252 Å². The number of nitrogens with zero attached hydrogens (tertiary/aromatic N) is 6. The summed E-state index contributed by atoms with van der Waals surface area (Å²) in [5.74, 6) is 0.880. The molecule has 4 aromatic rings. The predicted octanol–water partition coefficient (Wildman–Crippen LogP) is 4.90. The molecule has 10 nitrogen and oxygen atoms in total. The van der Waals surface area contributed by atoms with E-state index in [0.717, 1.165) is 67.5 Å². The molecule has 2 fully saturated rings. The third-order valence-corrected chi connectivity index (χ3v) is 8.62. The molecule has 0 bridgehead atoms. The van der Waals surface area contributed by atoms with Crippen LogP contribution in [0.15, 0.2) is 55.0 Å². The molecule has 1 aromatic carbocycles. The van der Waals surface area contributed by atoms with Gasteiger partial charge in [-0.15, -0.1) is 0 Å². The molecule has 6 rings (SSSR count). The molecule has 0 spiro atoms. The van der Waals surface area contributed by atoms with Gasteiger partial charge in [-0.05, 0) is 64.0 Å². The lowest BCUT2D eigenvalue weighted by molar-refractivity contribution is -0.139. The molecule has 1 unspecified atom stereocenters. The summed E-state index contributed by atoms with van der Waals surface area (Å²) >= 11 is 0. The Bertz CT molecular complexity index is 1710. The molecule has 2 N–H and O–H groups in total. The van der Waals surface area contributed by atoms with E-state index in [1.54, 1.807) is 37.5 Å². The lowest BCUT2D eigenvalue weighted by Gasteiger charge is -2.36. The molecule has 1 aliphatic carbocycles. The van der Waals surface area contributed by atoms with Crippen LogP contribution in [0.25, 0.3) is 16.8 Å². The highest BCUT2D eigenvalue weighted by molar-refractivity contribution is 6.04. The van der Waals surface area contributed by atoms with Gasteiger partial charge >= 0.3 is 6.18 Å². The summed E-state index contributed by atoms with van der Waals surface area (Å²) in [5.41, 5.74) is 1.13. The van der Waals surface area contributed by atoms with Crippen molar-refractivity contribution in [1.82, 2.24) is 29.2 Å². The van der Waals surface area contributed by atoms with Gasteiger partial charge in [-0.25, -0.2) is 15.0 Å². The van der Waals surface area contributed by atoms with Crippen LogP contribution in [-0.2, 0) is 11.0 Å². The molecule has 2 amide bonds. The van der Waals surface area contributed by atoms with E-state index in [9.17, 15) is 22.8 Å². The number of rotatable bonds is 7. The number of piperidine rings is 1. The maximum atomic E-state index is 13.5. The fourth-order valence-electron chi connectivity index (χ4n) is 6.02. The number of imidazole rings is 1. The van der Waals surface area contributed by atoms with E-state index < -0.39 is 23.2 Å². The normalized spacial score (nSPS) is 18.0. The number of pyridine rings is 1. The zero-order chi connectivity index (χ0) is 31.2. The molecule has 44 heavy (non-hydrogen) atoms. The highest BCUT2D eigenvalue weighted by Crippen LogP contribution is 2.43. The first kappa shape index (κ1) is 29.5. The Morgan fingerprint density at radius 3 is 2.48 bits per heavy atom. The van der Waals surface area contributed by atoms with Gasteiger partial charge in [0.15, 0.2) is 5.82 Å². The van der Waals surface area contributed by atoms with Crippen molar-refractivity contribution in [3.05, 3.63) is 71.9 Å². The molecular formula is C31H33F3N8O2. The monoisotopic (exact) mass is 606 g/mol. The summed E-state index contributed by atoms with van der Waals surface area (Å²) in [7, 11) is 5.71. The number of fused-ring (bicyclic) bond motifs is 1. The number of benzene rings is 1. The largest absolute Gasteiger partial charge is 0.416 e. The zero-order valence-electron chi connectivity index (χ0n) is 24.6. The smallest absolute Gasteiger partial charge is 0.371 e. The van der Waals surface area contributed by atoms with Crippen LogP contribution in [0.4, 0.5) is 24.8 Å². The van der Waals surface area contributed by atoms with Gasteiger partial charge in [0.1, 0.15) is 28.4 Å². The minimum absolute atomic E-state index is 0.0176. The number of amides is 2. The summed E-state index contributed by atoms with van der Waals surface area (Å²) in [4.78, 5) is 43.8. The molecule has 4 heterocycles. The molecule has 1 aliphatic heterocycles. The number of likely N-dealkylation sites (N-methyl/N-ethyl adjacent to an activating group) is 1. The maximum Gasteiger partial charge on any atom is 0.416 e. The Morgan fingerprint density at radius 1 is 1.07 bits per heavy atom. The number of halogens is 3. The lowest BCUT2D eigenvalue weighted by atomic mass is 9.96. The quantitative estimate of drug-likeness (QED) is 0.308. The fourth-order valence-corrected chi connectivity index (χ4v) is 6.02. The molecule has 1 saturated heterocycles. The maximum absolute atomic E-state index is 13.5. The van der Waals surface area contributed by atoms with Crippen LogP contribution in [0, 0.1) is 0 Å². The van der Waals surface area contributed by atoms with Crippen LogP contribution in [0.1, 0.15) is 53.3 Å². The van der Waals surface area contributed by atoms with Gasteiger partial charge in [0, 0.05) is 55.8 Å². The number of likely N-dealkylation sites (tertiary alicyclic amines) is 1. The summed E-state index contributed by atoms with van der Waals surface area (Å²) in [6.07, 6.45) is 3.54. The van der Waals surface area contributed by atoms with Crippen LogP contribution in [0.2, 0.25) is 0 Å². The van der Waals surface area contributed by atoms with Crippen molar-refractivity contribution < 1.29 is 22.8 Å². The number of hydrogen-bond donors (Lipinski definition) is 2. The van der Waals surface area contributed by atoms with E-state index in [2.05, 4.69) is 20.6 Å². The summed E-state index contributed by atoms with van der Waals surface area (Å²) in [6, 6.07) is 8.32. The van der Waals surface area contributed by atoms with E-state index in [1.165, 1.54) is 0 Å². The van der Waals surface area contributed by atoms with Crippen molar-refractivity contribution >= 4 is 29.0 Å². The lowest BCUT2D eigenvalue weighted by Crippen LogP contribution is -2.50. The van der Waals surface area contributed by atoms with Crippen LogP contribution < -0.4 is 10.6 Å². The van der Waals surface area contributed by atoms with E-state index in [1.807, 2.05) is 34.5 Å². The van der Waals surface area contributed by atoms with Gasteiger partial charge in [-0.2, -0.15) is 13.2 Å². The summed E-state index contributed by atoms with van der Waals surface area (Å²) in [6.45, 7) is 1.30. The molecule has 0 radical (unpaired) electrons. The Hall–Kier alpha value is -4.52. The van der Waals surface area contributed by atoms with Crippen molar-refractivity contribution in [2.75, 3.05) is 44.9 Å². The average molecular weight is 607 g/mol. The second-order valence-corrected chi connectivity index (χ2v) is 11.5. The van der Waals surface area contributed by atoms with E-state index in [-0.39, 0.29) is 23.2 Å². The van der Waals surface area contributed by atoms with Crippen LogP contribution in [0.3, 0.4) is 0 Å². The minimum Gasteiger partial charge on any atom is -0.371 e. The van der Waals surface area contributed by atoms with Crippen molar-refractivity contribution in [3.8, 4) is 11.3 Å². The highest BCUT2D eigenvalue weighted by atomic mass is 19.4.